The number of rotatable bonds is 5. The zero-order valence-electron chi connectivity index (χ0n) is 39.7. The fourth-order valence-electron chi connectivity index (χ4n) is 6.02. The summed E-state index contributed by atoms with van der Waals surface area (Å²) in [6.45, 7) is 0. The first-order chi connectivity index (χ1) is 30.6. The van der Waals surface area contributed by atoms with Gasteiger partial charge in [0.1, 0.15) is 11.2 Å². The van der Waals surface area contributed by atoms with Crippen LogP contribution < -0.4 is 0 Å². The minimum Gasteiger partial charge on any atom is -0.456 e. The van der Waals surface area contributed by atoms with E-state index in [0.717, 1.165) is 28.0 Å². The van der Waals surface area contributed by atoms with Gasteiger partial charge in [0.25, 0.3) is 0 Å². The molecule has 4 nitrogen and oxygen atoms in total. The van der Waals surface area contributed by atoms with Gasteiger partial charge in [0.05, 0.1) is 19.2 Å². The molecule has 0 N–H and O–H groups in total. The molecular weight excluding hydrogens is 631 g/mol. The van der Waals surface area contributed by atoms with Crippen molar-refractivity contribution in [1.82, 2.24) is 15.0 Å². The highest BCUT2D eigenvalue weighted by Gasteiger charge is 2.19. The maximum Gasteiger partial charge on any atom is 0.165 e. The number of para-hydroxylation sites is 1. The molecule has 0 radical (unpaired) electrons. The molecule has 0 fully saturated rings. The highest BCUT2D eigenvalue weighted by Crippen LogP contribution is 2.41. The smallest absolute Gasteiger partial charge is 0.165 e. The Bertz CT molecular complexity index is 3670. The first kappa shape index (κ1) is 17.8. The Morgan fingerprint density at radius 2 is 1.08 bits per heavy atom. The third kappa shape index (κ3) is 4.79. The largest absolute Gasteiger partial charge is 0.456 e. The molecule has 0 aliphatic carbocycles. The van der Waals surface area contributed by atoms with E-state index >= 15 is 0 Å². The first-order valence-corrected chi connectivity index (χ1v) is 16.3. The van der Waals surface area contributed by atoms with Crippen LogP contribution >= 0.6 is 11.3 Å². The van der Waals surface area contributed by atoms with Gasteiger partial charge in [0.2, 0.25) is 0 Å². The third-order valence-corrected chi connectivity index (χ3v) is 9.50. The van der Waals surface area contributed by atoms with Crippen LogP contribution in [0.4, 0.5) is 0 Å². The average molecular weight is 672 g/mol. The Morgan fingerprint density at radius 3 is 1.94 bits per heavy atom. The van der Waals surface area contributed by atoms with Gasteiger partial charge in [0.15, 0.2) is 17.5 Å². The van der Waals surface area contributed by atoms with Crippen molar-refractivity contribution < 1.29 is 23.6 Å². The fraction of sp³-hybridized carbons (Fsp3) is 0. The van der Waals surface area contributed by atoms with Crippen molar-refractivity contribution in [2.24, 2.45) is 0 Å². The summed E-state index contributed by atoms with van der Waals surface area (Å²) < 4.78 is 129. The van der Waals surface area contributed by atoms with E-state index in [1.54, 1.807) is 12.1 Å². The molecule has 0 aliphatic rings. The molecular formula is C45H27N3OS. The van der Waals surface area contributed by atoms with Gasteiger partial charge in [-0.15, -0.1) is 11.3 Å². The van der Waals surface area contributed by atoms with Crippen molar-refractivity contribution in [2.45, 2.75) is 0 Å². The molecule has 3 heterocycles. The second-order valence-corrected chi connectivity index (χ2v) is 12.3. The van der Waals surface area contributed by atoms with Crippen LogP contribution in [0.1, 0.15) is 19.2 Å². The summed E-state index contributed by atoms with van der Waals surface area (Å²) >= 11 is 0.883. The Balaban J connectivity index is 1.31. The monoisotopic (exact) mass is 671 g/mol. The predicted octanol–water partition coefficient (Wildman–Crippen LogP) is 12.5. The van der Waals surface area contributed by atoms with E-state index in [9.17, 15) is 4.11 Å². The molecule has 0 bridgehead atoms. The van der Waals surface area contributed by atoms with E-state index < -0.39 is 78.6 Å². The van der Waals surface area contributed by atoms with Crippen molar-refractivity contribution in [1.29, 1.82) is 0 Å². The average Bonchev–Trinajstić information content (AvgIpc) is 3.92. The van der Waals surface area contributed by atoms with Gasteiger partial charge in [-0.25, -0.2) is 15.0 Å². The van der Waals surface area contributed by atoms with Crippen LogP contribution in [0.2, 0.25) is 0 Å². The molecule has 7 aromatic carbocycles. The topological polar surface area (TPSA) is 51.8 Å². The minimum absolute atomic E-state index is 0.00728. The first-order valence-electron chi connectivity index (χ1n) is 22.5. The van der Waals surface area contributed by atoms with E-state index in [0.29, 0.717) is 11.1 Å². The fourth-order valence-corrected chi connectivity index (χ4v) is 7.08. The van der Waals surface area contributed by atoms with Crippen molar-refractivity contribution >= 4 is 53.4 Å². The Morgan fingerprint density at radius 1 is 0.440 bits per heavy atom. The maximum atomic E-state index is 9.54. The lowest BCUT2D eigenvalue weighted by Gasteiger charge is -2.13. The normalized spacial score (nSPS) is 15.5. The summed E-state index contributed by atoms with van der Waals surface area (Å²) in [7, 11) is 0. The minimum atomic E-state index is -0.595. The Hall–Kier alpha value is -6.43. The van der Waals surface area contributed by atoms with E-state index in [-0.39, 0.29) is 76.8 Å². The lowest BCUT2D eigenvalue weighted by atomic mass is 9.96. The van der Waals surface area contributed by atoms with Gasteiger partial charge < -0.3 is 4.42 Å². The number of benzene rings is 7. The molecule has 0 aliphatic heterocycles. The summed E-state index contributed by atoms with van der Waals surface area (Å²) in [5.74, 6) is -0.621. The summed E-state index contributed by atoms with van der Waals surface area (Å²) in [4.78, 5) is 14.4. The molecule has 3 aromatic heterocycles. The molecule has 234 valence electrons. The van der Waals surface area contributed by atoms with Gasteiger partial charge in [0, 0.05) is 47.6 Å². The van der Waals surface area contributed by atoms with Crippen LogP contribution in [0.5, 0.6) is 0 Å². The molecule has 50 heavy (non-hydrogen) atoms. The molecule has 0 unspecified atom stereocenters. The molecule has 5 heteroatoms. The van der Waals surface area contributed by atoms with Gasteiger partial charge >= 0.3 is 0 Å². The standard InChI is InChI=1S/C45H27N3OS/c1-2-11-28(12-3-1)29-21-23-30(24-22-29)32-13-4-5-16-36(32)44-46-43(31-25-26-40-38(27-31)33-14-6-8-19-39(33)49-40)47-45(48-44)37-18-10-17-35-34-15-7-9-20-41(34)50-42(35)37/h1-27H/i6D,7D,8D,9D,10D,14D,15D,17D,18D,19D,20D,25D,26D,27D. The maximum absolute atomic E-state index is 9.54. The van der Waals surface area contributed by atoms with Crippen LogP contribution in [0.3, 0.4) is 0 Å². The Kier molecular flexibility index (Phi) is 4.14. The quantitative estimate of drug-likeness (QED) is 0.183. The van der Waals surface area contributed by atoms with Crippen LogP contribution in [0.25, 0.3) is 98.5 Å². The van der Waals surface area contributed by atoms with Crippen molar-refractivity contribution in [3.05, 3.63) is 163 Å². The number of hydrogen-bond acceptors (Lipinski definition) is 5. The molecule has 10 rings (SSSR count). The lowest BCUT2D eigenvalue weighted by Crippen LogP contribution is -2.01. The highest BCUT2D eigenvalue weighted by atomic mass is 32.1. The summed E-state index contributed by atoms with van der Waals surface area (Å²) in [5.41, 5.74) is 2.77. The molecule has 0 atom stereocenters. The van der Waals surface area contributed by atoms with Crippen LogP contribution in [-0.4, -0.2) is 15.0 Å². The van der Waals surface area contributed by atoms with Crippen LogP contribution in [-0.2, 0) is 0 Å². The van der Waals surface area contributed by atoms with E-state index in [2.05, 4.69) is 0 Å². The van der Waals surface area contributed by atoms with Crippen LogP contribution in [0.15, 0.2) is 168 Å². The van der Waals surface area contributed by atoms with E-state index in [1.807, 2.05) is 66.7 Å². The van der Waals surface area contributed by atoms with Crippen molar-refractivity contribution in [3.63, 3.8) is 0 Å². The van der Waals surface area contributed by atoms with E-state index in [1.165, 1.54) is 0 Å². The predicted molar refractivity (Wildman–Crippen MR) is 207 cm³/mol. The highest BCUT2D eigenvalue weighted by molar-refractivity contribution is 7.26. The van der Waals surface area contributed by atoms with Gasteiger partial charge in [-0.2, -0.15) is 0 Å². The van der Waals surface area contributed by atoms with Crippen LogP contribution in [0, 0.1) is 0 Å². The lowest BCUT2D eigenvalue weighted by molar-refractivity contribution is 0.669. The number of furan rings is 1. The number of nitrogens with zero attached hydrogens (tertiary/aromatic N) is 3. The second kappa shape index (κ2) is 11.6. The number of thiophene rings is 1. The summed E-state index contributed by atoms with van der Waals surface area (Å²) in [6, 6.07) is 17.6. The summed E-state index contributed by atoms with van der Waals surface area (Å²) in [5, 5.41) is -0.373. The number of aromatic nitrogens is 3. The van der Waals surface area contributed by atoms with Gasteiger partial charge in [-0.05, 0) is 58.5 Å². The molecule has 0 saturated carbocycles. The second-order valence-electron chi connectivity index (χ2n) is 11.3. The number of hydrogen-bond donors (Lipinski definition) is 0. The van der Waals surface area contributed by atoms with Crippen molar-refractivity contribution in [2.75, 3.05) is 0 Å². The van der Waals surface area contributed by atoms with Gasteiger partial charge in [-0.1, -0.05) is 127 Å². The summed E-state index contributed by atoms with van der Waals surface area (Å²) in [6.07, 6.45) is 0. The molecule has 0 spiro atoms. The molecule has 0 saturated heterocycles. The zero-order chi connectivity index (χ0) is 45.2. The Labute approximate surface area is 311 Å². The number of fused-ring (bicyclic) bond motifs is 6. The van der Waals surface area contributed by atoms with Crippen molar-refractivity contribution in [3.8, 4) is 56.4 Å². The SMILES string of the molecule is [2H]c1c([2H])c([2H])c2c(oc3c([2H])c([2H])c(-c4nc(-c5ccccc5-c5ccc(-c6ccccc6)cc5)nc(-c5c([2H])c([2H])c([2H])c6c5sc5c([2H])c([2H])c([2H])c([2H])c56)n4)c([2H])c32)c1[2H]. The third-order valence-electron chi connectivity index (χ3n) is 8.38. The van der Waals surface area contributed by atoms with E-state index in [4.69, 9.17) is 34.4 Å². The zero-order valence-corrected chi connectivity index (χ0v) is 26.5. The molecule has 10 aromatic rings. The van der Waals surface area contributed by atoms with Gasteiger partial charge in [-0.3, -0.25) is 0 Å². The molecule has 0 amide bonds.